The van der Waals surface area contributed by atoms with E-state index in [-0.39, 0.29) is 0 Å². The molecule has 66 valence electrons. The van der Waals surface area contributed by atoms with E-state index in [0.717, 1.165) is 9.39 Å². The summed E-state index contributed by atoms with van der Waals surface area (Å²) in [4.78, 5) is 8.47. The van der Waals surface area contributed by atoms with Crippen LogP contribution in [0.5, 0.6) is 5.88 Å². The molecule has 0 amide bonds. The fraction of sp³-hybridized carbons (Fsp3) is 0.500. The molecule has 0 aliphatic carbocycles. The molecular weight excluding hydrogens is 267 g/mol. The minimum Gasteiger partial charge on any atom is -0.479 e. The Labute approximate surface area is 85.7 Å². The van der Waals surface area contributed by atoms with Crippen molar-refractivity contribution in [3.05, 3.63) is 15.6 Å². The van der Waals surface area contributed by atoms with Gasteiger partial charge in [-0.3, -0.25) is 0 Å². The molecule has 0 saturated heterocycles. The summed E-state index contributed by atoms with van der Waals surface area (Å²) in [7, 11) is 1.61. The first-order chi connectivity index (χ1) is 5.65. The van der Waals surface area contributed by atoms with Crippen molar-refractivity contribution in [2.75, 3.05) is 7.11 Å². The van der Waals surface area contributed by atoms with Gasteiger partial charge >= 0.3 is 0 Å². The molecule has 4 heteroatoms. The Bertz CT molecular complexity index is 276. The van der Waals surface area contributed by atoms with Crippen molar-refractivity contribution in [2.24, 2.45) is 0 Å². The molecule has 0 aliphatic heterocycles. The van der Waals surface area contributed by atoms with Crippen molar-refractivity contribution in [3.8, 4) is 5.88 Å². The molecule has 1 heterocycles. The van der Waals surface area contributed by atoms with E-state index in [4.69, 9.17) is 4.74 Å². The number of aromatic nitrogens is 2. The summed E-state index contributed by atoms with van der Waals surface area (Å²) >= 11 is 2.10. The highest BCUT2D eigenvalue weighted by atomic mass is 127. The van der Waals surface area contributed by atoms with Crippen molar-refractivity contribution in [1.82, 2.24) is 9.97 Å². The average Bonchev–Trinajstić information content (AvgIpc) is 2.05. The molecule has 0 spiro atoms. The molecule has 0 atom stereocenters. The summed E-state index contributed by atoms with van der Waals surface area (Å²) < 4.78 is 5.86. The molecule has 0 bridgehead atoms. The third-order valence-corrected chi connectivity index (χ3v) is 2.24. The Kier molecular flexibility index (Phi) is 3.25. The normalized spacial score (nSPS) is 10.4. The lowest BCUT2D eigenvalue weighted by Crippen LogP contribution is -2.00. The van der Waals surface area contributed by atoms with Gasteiger partial charge in [-0.2, -0.15) is 0 Å². The predicted molar refractivity (Wildman–Crippen MR) is 55.4 cm³/mol. The second-order valence-electron chi connectivity index (χ2n) is 2.75. The number of nitrogens with zero attached hydrogens (tertiary/aromatic N) is 2. The molecule has 0 aliphatic rings. The average molecular weight is 278 g/mol. The van der Waals surface area contributed by atoms with Crippen LogP contribution in [-0.4, -0.2) is 17.1 Å². The summed E-state index contributed by atoms with van der Waals surface area (Å²) in [6.07, 6.45) is 1.79. The van der Waals surface area contributed by atoms with Gasteiger partial charge in [0.05, 0.1) is 19.0 Å². The van der Waals surface area contributed by atoms with Crippen LogP contribution in [0.15, 0.2) is 6.20 Å². The molecule has 0 fully saturated rings. The van der Waals surface area contributed by atoms with E-state index >= 15 is 0 Å². The van der Waals surface area contributed by atoms with E-state index in [1.165, 1.54) is 0 Å². The molecule has 1 aromatic rings. The molecule has 0 N–H and O–H groups in total. The third kappa shape index (κ3) is 2.06. The third-order valence-electron chi connectivity index (χ3n) is 1.50. The van der Waals surface area contributed by atoms with Crippen LogP contribution < -0.4 is 4.74 Å². The van der Waals surface area contributed by atoms with Gasteiger partial charge in [0.15, 0.2) is 3.70 Å². The minimum atomic E-state index is 0.392. The summed E-state index contributed by atoms with van der Waals surface area (Å²) in [6, 6.07) is 0. The SMILES string of the molecule is COc1nc(C(C)C)cnc1I. The topological polar surface area (TPSA) is 35.0 Å². The zero-order chi connectivity index (χ0) is 9.14. The van der Waals surface area contributed by atoms with E-state index in [0.29, 0.717) is 11.8 Å². The standard InChI is InChI=1S/C8H11IN2O/c1-5(2)6-4-10-7(9)8(11-6)12-3/h4-5H,1-3H3. The molecule has 1 rings (SSSR count). The van der Waals surface area contributed by atoms with Crippen LogP contribution in [0.1, 0.15) is 25.5 Å². The van der Waals surface area contributed by atoms with Crippen LogP contribution >= 0.6 is 22.6 Å². The summed E-state index contributed by atoms with van der Waals surface area (Å²) in [5, 5.41) is 0. The minimum absolute atomic E-state index is 0.392. The Balaban J connectivity index is 3.05. The molecule has 0 saturated carbocycles. The fourth-order valence-corrected chi connectivity index (χ4v) is 1.26. The first-order valence-electron chi connectivity index (χ1n) is 3.71. The molecule has 0 unspecified atom stereocenters. The second kappa shape index (κ2) is 4.02. The van der Waals surface area contributed by atoms with E-state index in [1.54, 1.807) is 13.3 Å². The van der Waals surface area contributed by atoms with Crippen molar-refractivity contribution >= 4 is 22.6 Å². The Hall–Kier alpha value is -0.390. The van der Waals surface area contributed by atoms with Crippen molar-refractivity contribution < 1.29 is 4.74 Å². The van der Waals surface area contributed by atoms with Gasteiger partial charge in [0.1, 0.15) is 0 Å². The highest BCUT2D eigenvalue weighted by molar-refractivity contribution is 14.1. The van der Waals surface area contributed by atoms with E-state index in [1.807, 2.05) is 0 Å². The number of halogens is 1. The first-order valence-corrected chi connectivity index (χ1v) is 4.79. The zero-order valence-electron chi connectivity index (χ0n) is 7.34. The highest BCUT2D eigenvalue weighted by Gasteiger charge is 2.06. The molecule has 3 nitrogen and oxygen atoms in total. The molecule has 12 heavy (non-hydrogen) atoms. The fourth-order valence-electron chi connectivity index (χ4n) is 0.778. The van der Waals surface area contributed by atoms with E-state index in [9.17, 15) is 0 Å². The first kappa shape index (κ1) is 9.70. The summed E-state index contributed by atoms with van der Waals surface area (Å²) in [6.45, 7) is 4.16. The van der Waals surface area contributed by atoms with Crippen molar-refractivity contribution in [2.45, 2.75) is 19.8 Å². The number of methoxy groups -OCH3 is 1. The largest absolute Gasteiger partial charge is 0.479 e. The van der Waals surface area contributed by atoms with Gasteiger partial charge in [-0.05, 0) is 28.5 Å². The smallest absolute Gasteiger partial charge is 0.246 e. The maximum absolute atomic E-state index is 5.05. The zero-order valence-corrected chi connectivity index (χ0v) is 9.49. The van der Waals surface area contributed by atoms with Gasteiger partial charge in [0.2, 0.25) is 5.88 Å². The monoisotopic (exact) mass is 278 g/mol. The van der Waals surface area contributed by atoms with Gasteiger partial charge in [0, 0.05) is 0 Å². The van der Waals surface area contributed by atoms with E-state index in [2.05, 4.69) is 46.4 Å². The lowest BCUT2D eigenvalue weighted by atomic mass is 10.1. The van der Waals surface area contributed by atoms with Crippen LogP contribution in [0, 0.1) is 3.70 Å². The number of hydrogen-bond donors (Lipinski definition) is 0. The van der Waals surface area contributed by atoms with Crippen molar-refractivity contribution in [1.29, 1.82) is 0 Å². The number of ether oxygens (including phenoxy) is 1. The number of rotatable bonds is 2. The number of hydrogen-bond acceptors (Lipinski definition) is 3. The maximum atomic E-state index is 5.05. The van der Waals surface area contributed by atoms with Gasteiger partial charge in [-0.1, -0.05) is 13.8 Å². The predicted octanol–water partition coefficient (Wildman–Crippen LogP) is 2.21. The van der Waals surface area contributed by atoms with Crippen LogP contribution in [0.2, 0.25) is 0 Å². The van der Waals surface area contributed by atoms with Crippen LogP contribution in [0.25, 0.3) is 0 Å². The van der Waals surface area contributed by atoms with Gasteiger partial charge in [-0.25, -0.2) is 9.97 Å². The van der Waals surface area contributed by atoms with Gasteiger partial charge in [0.25, 0.3) is 0 Å². The maximum Gasteiger partial charge on any atom is 0.246 e. The molecular formula is C8H11IN2O. The summed E-state index contributed by atoms with van der Waals surface area (Å²) in [5.74, 6) is 1.00. The highest BCUT2D eigenvalue weighted by Crippen LogP contribution is 2.18. The Morgan fingerprint density at radius 2 is 2.17 bits per heavy atom. The quantitative estimate of drug-likeness (QED) is 0.778. The summed E-state index contributed by atoms with van der Waals surface area (Å²) in [5.41, 5.74) is 0.965. The van der Waals surface area contributed by atoms with Crippen LogP contribution in [0.4, 0.5) is 0 Å². The van der Waals surface area contributed by atoms with Crippen LogP contribution in [-0.2, 0) is 0 Å². The van der Waals surface area contributed by atoms with Crippen molar-refractivity contribution in [3.63, 3.8) is 0 Å². The Morgan fingerprint density at radius 3 is 2.67 bits per heavy atom. The second-order valence-corrected chi connectivity index (χ2v) is 3.77. The van der Waals surface area contributed by atoms with E-state index < -0.39 is 0 Å². The molecule has 1 aromatic heterocycles. The van der Waals surface area contributed by atoms with Gasteiger partial charge < -0.3 is 4.74 Å². The lowest BCUT2D eigenvalue weighted by Gasteiger charge is -2.06. The van der Waals surface area contributed by atoms with Gasteiger partial charge in [-0.15, -0.1) is 0 Å². The van der Waals surface area contributed by atoms with Crippen LogP contribution in [0.3, 0.4) is 0 Å². The molecule has 0 aromatic carbocycles. The molecule has 0 radical (unpaired) electrons. The lowest BCUT2D eigenvalue weighted by molar-refractivity contribution is 0.389. The Morgan fingerprint density at radius 1 is 1.50 bits per heavy atom.